The Bertz CT molecular complexity index is 899. The van der Waals surface area contributed by atoms with Crippen molar-refractivity contribution in [3.8, 4) is 11.4 Å². The lowest BCUT2D eigenvalue weighted by atomic mass is 10.1. The topological polar surface area (TPSA) is 81.2 Å². The molecule has 29 heavy (non-hydrogen) atoms. The quantitative estimate of drug-likeness (QED) is 0.413. The maximum Gasteiger partial charge on any atom is 0.191 e. The molecule has 1 unspecified atom stereocenters. The zero-order valence-electron chi connectivity index (χ0n) is 16.6. The molecule has 2 aromatic heterocycles. The highest BCUT2D eigenvalue weighted by Crippen LogP contribution is 2.27. The number of thiophene rings is 1. The summed E-state index contributed by atoms with van der Waals surface area (Å²) in [7, 11) is 1.82. The van der Waals surface area contributed by atoms with Crippen molar-refractivity contribution < 1.29 is 0 Å². The van der Waals surface area contributed by atoms with E-state index in [1.54, 1.807) is 0 Å². The van der Waals surface area contributed by atoms with Gasteiger partial charge in [0.05, 0.1) is 6.04 Å². The Balaban J connectivity index is 1.35. The van der Waals surface area contributed by atoms with Crippen molar-refractivity contribution >= 4 is 17.3 Å². The van der Waals surface area contributed by atoms with Crippen molar-refractivity contribution in [1.29, 1.82) is 0 Å². The number of aromatic amines is 1. The molecule has 7 nitrogen and oxygen atoms in total. The predicted octanol–water partition coefficient (Wildman–Crippen LogP) is 3.04. The fraction of sp³-hybridized carbons (Fsp3) is 0.381. The van der Waals surface area contributed by atoms with Gasteiger partial charge < -0.3 is 10.6 Å². The first-order valence-electron chi connectivity index (χ1n) is 10.00. The molecule has 4 rings (SSSR count). The Labute approximate surface area is 175 Å². The molecule has 8 heteroatoms. The lowest BCUT2D eigenvalue weighted by molar-refractivity contribution is 0.249. The van der Waals surface area contributed by atoms with Gasteiger partial charge in [0.1, 0.15) is 6.33 Å². The number of hydrogen-bond acceptors (Lipinski definition) is 5. The molecular formula is C21H27N7S. The van der Waals surface area contributed by atoms with Gasteiger partial charge in [-0.25, -0.2) is 4.98 Å². The van der Waals surface area contributed by atoms with Crippen LogP contribution in [0.1, 0.15) is 29.3 Å². The van der Waals surface area contributed by atoms with Crippen molar-refractivity contribution in [2.45, 2.75) is 25.4 Å². The number of likely N-dealkylation sites (tertiary alicyclic amines) is 1. The van der Waals surface area contributed by atoms with Crippen LogP contribution in [-0.4, -0.2) is 52.7 Å². The average molecular weight is 410 g/mol. The number of aliphatic imine (C=N–C) groups is 1. The summed E-state index contributed by atoms with van der Waals surface area (Å²) in [6, 6.07) is 13.0. The number of rotatable bonds is 7. The van der Waals surface area contributed by atoms with Crippen LogP contribution < -0.4 is 10.6 Å². The molecule has 0 amide bonds. The highest BCUT2D eigenvalue weighted by molar-refractivity contribution is 7.10. The molecule has 1 fully saturated rings. The Kier molecular flexibility index (Phi) is 6.53. The van der Waals surface area contributed by atoms with E-state index in [1.165, 1.54) is 37.1 Å². The van der Waals surface area contributed by atoms with E-state index in [0.29, 0.717) is 12.6 Å². The van der Waals surface area contributed by atoms with Crippen molar-refractivity contribution in [3.05, 3.63) is 58.5 Å². The molecule has 3 N–H and O–H groups in total. The third-order valence-corrected chi connectivity index (χ3v) is 6.19. The fourth-order valence-electron chi connectivity index (χ4n) is 3.72. The smallest absolute Gasteiger partial charge is 0.191 e. The van der Waals surface area contributed by atoms with Crippen molar-refractivity contribution in [1.82, 2.24) is 30.7 Å². The average Bonchev–Trinajstić information content (AvgIpc) is 3.54. The van der Waals surface area contributed by atoms with Crippen LogP contribution in [0.2, 0.25) is 0 Å². The molecular weight excluding hydrogens is 382 g/mol. The van der Waals surface area contributed by atoms with E-state index < -0.39 is 0 Å². The van der Waals surface area contributed by atoms with Gasteiger partial charge in [-0.15, -0.1) is 11.3 Å². The van der Waals surface area contributed by atoms with E-state index in [1.807, 2.05) is 30.5 Å². The summed E-state index contributed by atoms with van der Waals surface area (Å²) >= 11 is 1.83. The molecule has 1 aliphatic rings. The number of hydrogen-bond donors (Lipinski definition) is 3. The van der Waals surface area contributed by atoms with E-state index >= 15 is 0 Å². The number of nitrogens with zero attached hydrogens (tertiary/aromatic N) is 4. The molecule has 3 aromatic rings. The Hall–Kier alpha value is -2.71. The van der Waals surface area contributed by atoms with Crippen LogP contribution in [0.5, 0.6) is 0 Å². The normalized spacial score (nSPS) is 16.1. The van der Waals surface area contributed by atoms with Crippen LogP contribution in [0.15, 0.2) is 53.1 Å². The van der Waals surface area contributed by atoms with E-state index in [-0.39, 0.29) is 0 Å². The van der Waals surface area contributed by atoms with Crippen LogP contribution in [-0.2, 0) is 6.54 Å². The third kappa shape index (κ3) is 5.02. The predicted molar refractivity (Wildman–Crippen MR) is 118 cm³/mol. The molecule has 1 saturated heterocycles. The SMILES string of the molecule is CN=C(NCc1cccc(-c2ncn[nH]2)c1)NCC(c1cccs1)N1CCCC1. The van der Waals surface area contributed by atoms with Gasteiger partial charge in [0.2, 0.25) is 0 Å². The summed E-state index contributed by atoms with van der Waals surface area (Å²) in [4.78, 5) is 12.6. The van der Waals surface area contributed by atoms with Gasteiger partial charge in [0.15, 0.2) is 11.8 Å². The lowest BCUT2D eigenvalue weighted by Crippen LogP contribution is -2.42. The Morgan fingerprint density at radius 2 is 2.14 bits per heavy atom. The fourth-order valence-corrected chi connectivity index (χ4v) is 4.58. The maximum absolute atomic E-state index is 4.41. The van der Waals surface area contributed by atoms with Crippen LogP contribution in [0.25, 0.3) is 11.4 Å². The van der Waals surface area contributed by atoms with Gasteiger partial charge in [-0.3, -0.25) is 15.0 Å². The van der Waals surface area contributed by atoms with Crippen LogP contribution >= 0.6 is 11.3 Å². The Morgan fingerprint density at radius 1 is 1.24 bits per heavy atom. The standard InChI is InChI=1S/C21H27N7S/c1-22-21(23-13-16-6-4-7-17(12-16)20-25-15-26-27-20)24-14-18(19-8-5-11-29-19)28-9-2-3-10-28/h4-8,11-12,15,18H,2-3,9-10,13-14H2,1H3,(H2,22,23,24)(H,25,26,27). The summed E-state index contributed by atoms with van der Waals surface area (Å²) in [5.74, 6) is 1.59. The van der Waals surface area contributed by atoms with Gasteiger partial charge in [-0.2, -0.15) is 5.10 Å². The largest absolute Gasteiger partial charge is 0.354 e. The molecule has 0 bridgehead atoms. The number of aromatic nitrogens is 3. The molecule has 1 aliphatic heterocycles. The molecule has 0 spiro atoms. The molecule has 0 aliphatic carbocycles. The second-order valence-electron chi connectivity index (χ2n) is 7.12. The van der Waals surface area contributed by atoms with Crippen molar-refractivity contribution in [3.63, 3.8) is 0 Å². The minimum atomic E-state index is 0.394. The lowest BCUT2D eigenvalue weighted by Gasteiger charge is -2.27. The first kappa shape index (κ1) is 19.6. The number of guanidine groups is 1. The minimum Gasteiger partial charge on any atom is -0.354 e. The first-order chi connectivity index (χ1) is 14.3. The van der Waals surface area contributed by atoms with Gasteiger partial charge >= 0.3 is 0 Å². The zero-order valence-corrected chi connectivity index (χ0v) is 17.5. The van der Waals surface area contributed by atoms with E-state index in [9.17, 15) is 0 Å². The van der Waals surface area contributed by atoms with Gasteiger partial charge in [-0.05, 0) is 49.0 Å². The van der Waals surface area contributed by atoms with Crippen molar-refractivity contribution in [2.24, 2.45) is 4.99 Å². The van der Waals surface area contributed by atoms with Crippen LogP contribution in [0.3, 0.4) is 0 Å². The number of benzene rings is 1. The maximum atomic E-state index is 4.41. The van der Waals surface area contributed by atoms with E-state index in [2.05, 4.69) is 65.4 Å². The molecule has 1 atom stereocenters. The second kappa shape index (κ2) is 9.67. The van der Waals surface area contributed by atoms with Crippen LogP contribution in [0.4, 0.5) is 0 Å². The monoisotopic (exact) mass is 409 g/mol. The minimum absolute atomic E-state index is 0.394. The zero-order chi connectivity index (χ0) is 19.9. The summed E-state index contributed by atoms with van der Waals surface area (Å²) in [5.41, 5.74) is 2.19. The first-order valence-corrected chi connectivity index (χ1v) is 10.9. The highest BCUT2D eigenvalue weighted by atomic mass is 32.1. The highest BCUT2D eigenvalue weighted by Gasteiger charge is 2.24. The third-order valence-electron chi connectivity index (χ3n) is 5.21. The summed E-state index contributed by atoms with van der Waals surface area (Å²) in [6.07, 6.45) is 4.10. The Morgan fingerprint density at radius 3 is 2.86 bits per heavy atom. The van der Waals surface area contributed by atoms with Gasteiger partial charge in [-0.1, -0.05) is 24.3 Å². The molecule has 0 saturated carbocycles. The number of H-pyrrole nitrogens is 1. The van der Waals surface area contributed by atoms with E-state index in [4.69, 9.17) is 0 Å². The van der Waals surface area contributed by atoms with Crippen LogP contribution in [0, 0.1) is 0 Å². The van der Waals surface area contributed by atoms with Crippen molar-refractivity contribution in [2.75, 3.05) is 26.7 Å². The summed E-state index contributed by atoms with van der Waals surface area (Å²) in [6.45, 7) is 3.88. The summed E-state index contributed by atoms with van der Waals surface area (Å²) < 4.78 is 0. The second-order valence-corrected chi connectivity index (χ2v) is 8.09. The van der Waals surface area contributed by atoms with Gasteiger partial charge in [0.25, 0.3) is 0 Å². The summed E-state index contributed by atoms with van der Waals surface area (Å²) in [5, 5.41) is 15.9. The molecule has 152 valence electrons. The number of nitrogens with one attached hydrogen (secondary N) is 3. The molecule has 0 radical (unpaired) electrons. The van der Waals surface area contributed by atoms with E-state index in [0.717, 1.165) is 29.5 Å². The molecule has 3 heterocycles. The van der Waals surface area contributed by atoms with Gasteiger partial charge in [0, 0.05) is 30.6 Å². The molecule has 1 aromatic carbocycles.